The fourth-order valence-corrected chi connectivity index (χ4v) is 1.94. The van der Waals surface area contributed by atoms with E-state index in [1.165, 1.54) is 6.39 Å². The summed E-state index contributed by atoms with van der Waals surface area (Å²) in [7, 11) is 0. The fourth-order valence-electron chi connectivity index (χ4n) is 1.94. The van der Waals surface area contributed by atoms with E-state index in [4.69, 9.17) is 9.68 Å². The number of aromatic nitrogens is 2. The Hall–Kier alpha value is -2.88. The summed E-state index contributed by atoms with van der Waals surface area (Å²) in [5.41, 5.74) is 2.29. The maximum atomic E-state index is 12.0. The highest BCUT2D eigenvalue weighted by atomic mass is 16.4. The summed E-state index contributed by atoms with van der Waals surface area (Å²) in [6.45, 7) is 3.81. The molecule has 0 saturated carbocycles. The lowest BCUT2D eigenvalue weighted by molar-refractivity contribution is 0.248. The molecule has 0 spiro atoms. The predicted octanol–water partition coefficient (Wildman–Crippen LogP) is 2.86. The van der Waals surface area contributed by atoms with Crippen LogP contribution in [0.4, 0.5) is 10.5 Å². The van der Waals surface area contributed by atoms with E-state index < -0.39 is 0 Å². The van der Waals surface area contributed by atoms with Crippen molar-refractivity contribution in [1.82, 2.24) is 15.5 Å². The van der Waals surface area contributed by atoms with Crippen LogP contribution in [0.15, 0.2) is 29.0 Å². The van der Waals surface area contributed by atoms with Crippen LogP contribution in [0.2, 0.25) is 0 Å². The van der Waals surface area contributed by atoms with Crippen molar-refractivity contribution in [2.75, 3.05) is 5.32 Å². The molecule has 0 aliphatic carbocycles. The summed E-state index contributed by atoms with van der Waals surface area (Å²) in [5, 5.41) is 21.7. The van der Waals surface area contributed by atoms with Crippen molar-refractivity contribution >= 4 is 11.7 Å². The number of carbonyl (C=O) groups excluding carboxylic acids is 1. The van der Waals surface area contributed by atoms with Gasteiger partial charge in [-0.25, -0.2) is 4.79 Å². The Labute approximate surface area is 128 Å². The quantitative estimate of drug-likeness (QED) is 0.883. The molecule has 1 aromatic heterocycles. The molecule has 2 aromatic rings. The Morgan fingerprint density at radius 3 is 2.95 bits per heavy atom. The first-order valence-corrected chi connectivity index (χ1v) is 6.95. The molecular formula is C15H17N5O2. The van der Waals surface area contributed by atoms with Crippen LogP contribution in [-0.2, 0) is 0 Å². The van der Waals surface area contributed by atoms with Gasteiger partial charge in [0.1, 0.15) is 0 Å². The van der Waals surface area contributed by atoms with Gasteiger partial charge in [-0.2, -0.15) is 5.26 Å². The van der Waals surface area contributed by atoms with Crippen LogP contribution >= 0.6 is 0 Å². The molecule has 0 aliphatic heterocycles. The molecule has 22 heavy (non-hydrogen) atoms. The Bertz CT molecular complexity index is 676. The second-order valence-electron chi connectivity index (χ2n) is 4.84. The highest BCUT2D eigenvalue weighted by Crippen LogP contribution is 2.23. The van der Waals surface area contributed by atoms with E-state index in [0.29, 0.717) is 18.0 Å². The van der Waals surface area contributed by atoms with Crippen LogP contribution in [0.3, 0.4) is 0 Å². The summed E-state index contributed by atoms with van der Waals surface area (Å²) in [6.07, 6.45) is 2.23. The van der Waals surface area contributed by atoms with Gasteiger partial charge in [-0.15, -0.1) is 10.2 Å². The monoisotopic (exact) mass is 299 g/mol. The summed E-state index contributed by atoms with van der Waals surface area (Å²) >= 11 is 0. The Morgan fingerprint density at radius 2 is 2.32 bits per heavy atom. The maximum Gasteiger partial charge on any atom is 0.319 e. The zero-order chi connectivity index (χ0) is 15.9. The molecule has 1 heterocycles. The molecule has 2 rings (SSSR count). The Balaban J connectivity index is 2.10. The van der Waals surface area contributed by atoms with Crippen molar-refractivity contribution < 1.29 is 9.21 Å². The number of rotatable bonds is 5. The molecule has 7 heteroatoms. The van der Waals surface area contributed by atoms with Crippen molar-refractivity contribution in [2.24, 2.45) is 0 Å². The standard InChI is InChI=1S/C15H17N5O2/c1-3-12(6-7-16)18-15(21)19-13-8-11(5-4-10(13)2)14-20-17-9-22-14/h4-5,8-9,12H,3,6H2,1-2H3,(H2,18,19,21)/t12-/m1/s1. The molecule has 0 aliphatic rings. The van der Waals surface area contributed by atoms with Gasteiger partial charge in [0.25, 0.3) is 0 Å². The Kier molecular flexibility index (Phi) is 5.09. The van der Waals surface area contributed by atoms with Crippen LogP contribution in [0.1, 0.15) is 25.3 Å². The lowest BCUT2D eigenvalue weighted by Gasteiger charge is -2.15. The molecule has 0 radical (unpaired) electrons. The first kappa shape index (κ1) is 15.5. The third kappa shape index (κ3) is 3.82. The number of amides is 2. The number of nitrogens with one attached hydrogen (secondary N) is 2. The van der Waals surface area contributed by atoms with E-state index in [-0.39, 0.29) is 18.5 Å². The molecule has 7 nitrogen and oxygen atoms in total. The average Bonchev–Trinajstić information content (AvgIpc) is 3.03. The number of benzene rings is 1. The van der Waals surface area contributed by atoms with Gasteiger partial charge in [-0.1, -0.05) is 13.0 Å². The molecule has 2 N–H and O–H groups in total. The number of nitrogens with zero attached hydrogens (tertiary/aromatic N) is 3. The van der Waals surface area contributed by atoms with Crippen LogP contribution < -0.4 is 10.6 Å². The van der Waals surface area contributed by atoms with Gasteiger partial charge in [0.05, 0.1) is 12.5 Å². The third-order valence-electron chi connectivity index (χ3n) is 3.26. The minimum Gasteiger partial charge on any atom is -0.423 e. The van der Waals surface area contributed by atoms with Gasteiger partial charge in [-0.05, 0) is 31.0 Å². The summed E-state index contributed by atoms with van der Waals surface area (Å²) in [5.74, 6) is 0.388. The number of nitriles is 1. The maximum absolute atomic E-state index is 12.0. The molecular weight excluding hydrogens is 282 g/mol. The summed E-state index contributed by atoms with van der Waals surface area (Å²) in [4.78, 5) is 12.0. The molecule has 1 atom stereocenters. The largest absolute Gasteiger partial charge is 0.423 e. The van der Waals surface area contributed by atoms with Gasteiger partial charge in [0, 0.05) is 17.3 Å². The normalized spacial score (nSPS) is 11.5. The molecule has 114 valence electrons. The van der Waals surface area contributed by atoms with E-state index in [1.54, 1.807) is 6.07 Å². The first-order chi connectivity index (χ1) is 10.6. The van der Waals surface area contributed by atoms with Gasteiger partial charge >= 0.3 is 6.03 Å². The van der Waals surface area contributed by atoms with Gasteiger partial charge < -0.3 is 15.1 Å². The fraction of sp³-hybridized carbons (Fsp3) is 0.333. The molecule has 0 fully saturated rings. The van der Waals surface area contributed by atoms with Crippen molar-refractivity contribution in [3.63, 3.8) is 0 Å². The minimum absolute atomic E-state index is 0.163. The molecule has 0 unspecified atom stereocenters. The van der Waals surface area contributed by atoms with Crippen LogP contribution in [0, 0.1) is 18.3 Å². The van der Waals surface area contributed by atoms with Crippen molar-refractivity contribution in [3.8, 4) is 17.5 Å². The lowest BCUT2D eigenvalue weighted by atomic mass is 10.1. The van der Waals surface area contributed by atoms with E-state index in [2.05, 4.69) is 26.9 Å². The molecule has 1 aromatic carbocycles. The summed E-state index contributed by atoms with van der Waals surface area (Å²) in [6, 6.07) is 7.03. The van der Waals surface area contributed by atoms with Gasteiger partial charge in [-0.3, -0.25) is 0 Å². The van der Waals surface area contributed by atoms with Crippen LogP contribution in [0.5, 0.6) is 0 Å². The number of aryl methyl sites for hydroxylation is 1. The SMILES string of the molecule is CC[C@H](CC#N)NC(=O)Nc1cc(-c2nnco2)ccc1C. The van der Waals surface area contributed by atoms with Crippen LogP contribution in [0.25, 0.3) is 11.5 Å². The number of anilines is 1. The third-order valence-corrected chi connectivity index (χ3v) is 3.26. The zero-order valence-electron chi connectivity index (χ0n) is 12.5. The lowest BCUT2D eigenvalue weighted by Crippen LogP contribution is -2.37. The highest BCUT2D eigenvalue weighted by Gasteiger charge is 2.12. The second-order valence-corrected chi connectivity index (χ2v) is 4.84. The molecule has 2 amide bonds. The van der Waals surface area contributed by atoms with Gasteiger partial charge in [0.2, 0.25) is 12.3 Å². The highest BCUT2D eigenvalue weighted by molar-refractivity contribution is 5.91. The van der Waals surface area contributed by atoms with E-state index >= 15 is 0 Å². The second kappa shape index (κ2) is 7.22. The summed E-state index contributed by atoms with van der Waals surface area (Å²) < 4.78 is 5.15. The van der Waals surface area contributed by atoms with E-state index in [9.17, 15) is 4.79 Å². The van der Waals surface area contributed by atoms with Crippen molar-refractivity contribution in [3.05, 3.63) is 30.2 Å². The number of hydrogen-bond donors (Lipinski definition) is 2. The van der Waals surface area contributed by atoms with Crippen LogP contribution in [-0.4, -0.2) is 22.3 Å². The number of hydrogen-bond acceptors (Lipinski definition) is 5. The topological polar surface area (TPSA) is 104 Å². The minimum atomic E-state index is -0.340. The Morgan fingerprint density at radius 1 is 1.50 bits per heavy atom. The predicted molar refractivity (Wildman–Crippen MR) is 80.9 cm³/mol. The number of carbonyl (C=O) groups is 1. The van der Waals surface area contributed by atoms with E-state index in [0.717, 1.165) is 11.1 Å². The average molecular weight is 299 g/mol. The number of urea groups is 1. The molecule has 0 saturated heterocycles. The van der Waals surface area contributed by atoms with Gasteiger partial charge in [0.15, 0.2) is 0 Å². The zero-order valence-corrected chi connectivity index (χ0v) is 12.5. The van der Waals surface area contributed by atoms with E-state index in [1.807, 2.05) is 26.0 Å². The van der Waals surface area contributed by atoms with Crippen molar-refractivity contribution in [1.29, 1.82) is 5.26 Å². The smallest absolute Gasteiger partial charge is 0.319 e. The van der Waals surface area contributed by atoms with Crippen molar-refractivity contribution in [2.45, 2.75) is 32.7 Å². The molecule has 0 bridgehead atoms. The first-order valence-electron chi connectivity index (χ1n) is 6.95.